The summed E-state index contributed by atoms with van der Waals surface area (Å²) >= 11 is 0. The molecule has 5 heteroatoms. The molecule has 1 rings (SSSR count). The summed E-state index contributed by atoms with van der Waals surface area (Å²) in [5, 5.41) is 0. The Morgan fingerprint density at radius 3 is 2.35 bits per heavy atom. The van der Waals surface area contributed by atoms with E-state index in [9.17, 15) is 13.2 Å². The quantitative estimate of drug-likeness (QED) is 0.441. The third-order valence-corrected chi connectivity index (χ3v) is 3.59. The highest BCUT2D eigenvalue weighted by atomic mass is 32.2. The van der Waals surface area contributed by atoms with Crippen molar-refractivity contribution in [1.82, 2.24) is 0 Å². The Morgan fingerprint density at radius 2 is 1.88 bits per heavy atom. The first kappa shape index (κ1) is 14.0. The smallest absolute Gasteiger partial charge is 0.357 e. The molecule has 1 fully saturated rings. The fraction of sp³-hybridized carbons (Fsp3) is 0.667. The van der Waals surface area contributed by atoms with E-state index in [1.54, 1.807) is 6.92 Å². The fourth-order valence-electron chi connectivity index (χ4n) is 1.76. The summed E-state index contributed by atoms with van der Waals surface area (Å²) in [4.78, 5) is 11.2. The second-order valence-corrected chi connectivity index (χ2v) is 6.06. The minimum absolute atomic E-state index is 0.162. The predicted molar refractivity (Wildman–Crippen MR) is 65.1 cm³/mol. The van der Waals surface area contributed by atoms with Gasteiger partial charge in [0.05, 0.1) is 6.61 Å². The molecule has 0 amide bonds. The summed E-state index contributed by atoms with van der Waals surface area (Å²) in [6.07, 6.45) is 5.86. The van der Waals surface area contributed by atoms with Gasteiger partial charge in [-0.15, -0.1) is 0 Å². The lowest BCUT2D eigenvalue weighted by Gasteiger charge is -2.11. The van der Waals surface area contributed by atoms with Crippen LogP contribution in [0, 0.1) is 0 Å². The van der Waals surface area contributed by atoms with Gasteiger partial charge >= 0.3 is 5.97 Å². The zero-order valence-electron chi connectivity index (χ0n) is 10.3. The van der Waals surface area contributed by atoms with Crippen molar-refractivity contribution in [2.45, 2.75) is 39.0 Å². The van der Waals surface area contributed by atoms with Gasteiger partial charge in [0.25, 0.3) is 0 Å². The van der Waals surface area contributed by atoms with Gasteiger partial charge in [0.1, 0.15) is 0 Å². The Morgan fingerprint density at radius 1 is 1.29 bits per heavy atom. The minimum Gasteiger partial charge on any atom is -0.461 e. The Labute approximate surface area is 102 Å². The summed E-state index contributed by atoms with van der Waals surface area (Å²) in [5.74, 6) is -0.798. The van der Waals surface area contributed by atoms with E-state index in [2.05, 4.69) is 5.73 Å². The van der Waals surface area contributed by atoms with Crippen molar-refractivity contribution in [3.8, 4) is 0 Å². The van der Waals surface area contributed by atoms with Gasteiger partial charge in [-0.1, -0.05) is 12.2 Å². The monoisotopic (exact) mass is 258 g/mol. The third kappa shape index (κ3) is 4.36. The van der Waals surface area contributed by atoms with Crippen molar-refractivity contribution in [3.05, 3.63) is 16.2 Å². The molecule has 1 saturated carbocycles. The summed E-state index contributed by atoms with van der Waals surface area (Å²) in [6, 6.07) is 0. The molecule has 0 atom stereocenters. The summed E-state index contributed by atoms with van der Waals surface area (Å²) < 4.78 is 27.8. The van der Waals surface area contributed by atoms with Crippen molar-refractivity contribution in [2.75, 3.05) is 12.9 Å². The van der Waals surface area contributed by atoms with Gasteiger partial charge in [-0.2, -0.15) is 0 Å². The van der Waals surface area contributed by atoms with Crippen molar-refractivity contribution < 1.29 is 17.9 Å². The molecule has 0 heterocycles. The van der Waals surface area contributed by atoms with Crippen LogP contribution >= 0.6 is 0 Å². The standard InChI is InChI=1S/C12H18O4S/c1-3-16-12(13)11(17(2,14)15)9-10-7-5-4-6-8-10/h3-8H2,1-2H3. The zero-order valence-corrected chi connectivity index (χ0v) is 11.1. The van der Waals surface area contributed by atoms with Gasteiger partial charge in [-0.25, -0.2) is 13.2 Å². The lowest BCUT2D eigenvalue weighted by atomic mass is 9.96. The van der Waals surface area contributed by atoms with Crippen LogP contribution in [0.25, 0.3) is 0 Å². The molecule has 96 valence electrons. The molecule has 4 nitrogen and oxygen atoms in total. The molecule has 0 aromatic carbocycles. The Kier molecular flexibility index (Phi) is 4.97. The van der Waals surface area contributed by atoms with Crippen molar-refractivity contribution in [1.29, 1.82) is 0 Å². The number of rotatable bonds is 3. The molecular weight excluding hydrogens is 240 g/mol. The van der Waals surface area contributed by atoms with E-state index in [-0.39, 0.29) is 11.5 Å². The van der Waals surface area contributed by atoms with E-state index in [1.165, 1.54) is 0 Å². The van der Waals surface area contributed by atoms with Crippen molar-refractivity contribution in [3.63, 3.8) is 0 Å². The minimum atomic E-state index is -3.58. The molecule has 17 heavy (non-hydrogen) atoms. The molecule has 0 spiro atoms. The molecular formula is C12H18O4S. The van der Waals surface area contributed by atoms with Crippen LogP contribution in [-0.4, -0.2) is 27.2 Å². The number of carbonyl (C=O) groups is 1. The molecule has 0 N–H and O–H groups in total. The first-order valence-corrected chi connectivity index (χ1v) is 7.70. The van der Waals surface area contributed by atoms with Crippen molar-refractivity contribution >= 4 is 15.8 Å². The Balaban J connectivity index is 3.14. The van der Waals surface area contributed by atoms with Crippen LogP contribution in [0.1, 0.15) is 39.0 Å². The van der Waals surface area contributed by atoms with Gasteiger partial charge in [0, 0.05) is 6.26 Å². The lowest BCUT2D eigenvalue weighted by molar-refractivity contribution is -0.137. The van der Waals surface area contributed by atoms with E-state index in [4.69, 9.17) is 4.74 Å². The largest absolute Gasteiger partial charge is 0.461 e. The second-order valence-electron chi connectivity index (χ2n) is 4.11. The number of sulfone groups is 1. The Bertz CT molecular complexity index is 445. The van der Waals surface area contributed by atoms with Gasteiger partial charge < -0.3 is 4.74 Å². The van der Waals surface area contributed by atoms with Gasteiger partial charge in [-0.05, 0) is 38.2 Å². The number of hydrogen-bond donors (Lipinski definition) is 0. The first-order chi connectivity index (χ1) is 7.95. The van der Waals surface area contributed by atoms with Crippen LogP contribution < -0.4 is 0 Å². The van der Waals surface area contributed by atoms with Crippen LogP contribution in [0.3, 0.4) is 0 Å². The average molecular weight is 258 g/mol. The van der Waals surface area contributed by atoms with Crippen LogP contribution in [-0.2, 0) is 19.4 Å². The van der Waals surface area contributed by atoms with Crippen molar-refractivity contribution in [2.24, 2.45) is 0 Å². The van der Waals surface area contributed by atoms with E-state index in [0.29, 0.717) is 0 Å². The molecule has 0 aromatic heterocycles. The van der Waals surface area contributed by atoms with E-state index in [1.807, 2.05) is 0 Å². The maximum absolute atomic E-state index is 11.5. The molecule has 1 aliphatic carbocycles. The highest BCUT2D eigenvalue weighted by molar-refractivity contribution is 7.95. The van der Waals surface area contributed by atoms with E-state index in [0.717, 1.165) is 43.9 Å². The highest BCUT2D eigenvalue weighted by Gasteiger charge is 2.22. The molecule has 1 aliphatic rings. The number of ether oxygens (including phenoxy) is 1. The van der Waals surface area contributed by atoms with Crippen LogP contribution in [0.5, 0.6) is 0 Å². The van der Waals surface area contributed by atoms with Crippen LogP contribution in [0.15, 0.2) is 16.2 Å². The van der Waals surface area contributed by atoms with E-state index < -0.39 is 15.8 Å². The molecule has 0 radical (unpaired) electrons. The molecule has 0 aliphatic heterocycles. The molecule has 0 saturated heterocycles. The zero-order chi connectivity index (χ0) is 12.9. The SMILES string of the molecule is CCOC(=O)C(=C=C1CCCCC1)S(C)(=O)=O. The van der Waals surface area contributed by atoms with Gasteiger partial charge in [0.2, 0.25) is 0 Å². The highest BCUT2D eigenvalue weighted by Crippen LogP contribution is 2.22. The summed E-state index contributed by atoms with van der Waals surface area (Å²) in [6.45, 7) is 1.81. The van der Waals surface area contributed by atoms with Gasteiger partial charge in [-0.3, -0.25) is 0 Å². The molecule has 0 aromatic rings. The van der Waals surface area contributed by atoms with Crippen LogP contribution in [0.4, 0.5) is 0 Å². The van der Waals surface area contributed by atoms with E-state index >= 15 is 0 Å². The maximum Gasteiger partial charge on any atom is 0.357 e. The first-order valence-electron chi connectivity index (χ1n) is 5.81. The van der Waals surface area contributed by atoms with Gasteiger partial charge in [0.15, 0.2) is 14.7 Å². The number of carbonyl (C=O) groups excluding carboxylic acids is 1. The maximum atomic E-state index is 11.5. The average Bonchev–Trinajstić information content (AvgIpc) is 2.26. The number of esters is 1. The Hall–Kier alpha value is -1.06. The fourth-order valence-corrected chi connectivity index (χ4v) is 2.45. The normalized spacial score (nSPS) is 16.2. The second kappa shape index (κ2) is 6.03. The molecule has 0 bridgehead atoms. The van der Waals surface area contributed by atoms with Crippen LogP contribution in [0.2, 0.25) is 0 Å². The lowest BCUT2D eigenvalue weighted by Crippen LogP contribution is -2.15. The number of hydrogen-bond acceptors (Lipinski definition) is 4. The summed E-state index contributed by atoms with van der Waals surface area (Å²) in [7, 11) is -3.58. The topological polar surface area (TPSA) is 60.4 Å². The predicted octanol–water partition coefficient (Wildman–Crippen LogP) is 1.97. The molecule has 0 unspecified atom stereocenters. The third-order valence-electron chi connectivity index (χ3n) is 2.58. The summed E-state index contributed by atoms with van der Waals surface area (Å²) in [5.41, 5.74) is 3.66.